The first-order valence-corrected chi connectivity index (χ1v) is 14.2. The number of phenols is 1. The molecule has 0 unspecified atom stereocenters. The topological polar surface area (TPSA) is 154 Å². The predicted octanol–water partition coefficient (Wildman–Crippen LogP) is 1.73. The quantitative estimate of drug-likeness (QED) is 0.382. The molecule has 1 N–H and O–H groups in total. The lowest BCUT2D eigenvalue weighted by Gasteiger charge is -2.26. The Morgan fingerprint density at radius 3 is 1.62 bits per heavy atom. The molecule has 0 bridgehead atoms. The van der Waals surface area contributed by atoms with Gasteiger partial charge < -0.3 is 5.11 Å². The molecule has 0 aliphatic carbocycles. The molecule has 15 heteroatoms. The van der Waals surface area contributed by atoms with Crippen molar-refractivity contribution in [3.8, 4) is 5.75 Å². The van der Waals surface area contributed by atoms with Gasteiger partial charge in [-0.05, 0) is 35.0 Å². The Hall–Kier alpha value is -2.82. The second-order valence-corrected chi connectivity index (χ2v) is 11.0. The molecule has 2 aromatic carbocycles. The Kier molecular flexibility index (Phi) is 9.98. The zero-order chi connectivity index (χ0) is 28.1. The number of hydroxylamine groups is 2. The summed E-state index contributed by atoms with van der Waals surface area (Å²) in [5.41, 5.74) is -0.498. The van der Waals surface area contributed by atoms with Gasteiger partial charge in [0.2, 0.25) is 0 Å². The van der Waals surface area contributed by atoms with E-state index in [4.69, 9.17) is 9.68 Å². The summed E-state index contributed by atoms with van der Waals surface area (Å²) in [5, 5.41) is 11.1. The lowest BCUT2D eigenvalue weighted by atomic mass is 10.0. The Bertz CT molecular complexity index is 1360. The van der Waals surface area contributed by atoms with Gasteiger partial charge in [0.1, 0.15) is 5.75 Å². The van der Waals surface area contributed by atoms with Crippen molar-refractivity contribution in [2.45, 2.75) is 27.7 Å². The lowest BCUT2D eigenvalue weighted by Crippen LogP contribution is -2.46. The SMILES string of the molecule is CCN(CC)S(=O)(=O)N(OC)C(=O)c1ccc2cc(O)c(C(=O)N(OC)S(=O)(=O)N(CC)CC)cc2c1. The maximum atomic E-state index is 13.1. The van der Waals surface area contributed by atoms with Gasteiger partial charge >= 0.3 is 20.4 Å². The van der Waals surface area contributed by atoms with Crippen molar-refractivity contribution in [3.63, 3.8) is 0 Å². The molecule has 2 rings (SSSR count). The molecule has 0 fully saturated rings. The fourth-order valence-corrected chi connectivity index (χ4v) is 6.39. The van der Waals surface area contributed by atoms with E-state index in [1.807, 2.05) is 0 Å². The maximum Gasteiger partial charge on any atom is 0.329 e. The molecule has 37 heavy (non-hydrogen) atoms. The van der Waals surface area contributed by atoms with E-state index in [9.17, 15) is 31.5 Å². The van der Waals surface area contributed by atoms with Crippen LogP contribution in [0.15, 0.2) is 30.3 Å². The van der Waals surface area contributed by atoms with Crippen LogP contribution in [0.25, 0.3) is 10.8 Å². The monoisotopic (exact) mass is 560 g/mol. The normalized spacial score (nSPS) is 12.3. The molecule has 13 nitrogen and oxygen atoms in total. The second kappa shape index (κ2) is 12.1. The van der Waals surface area contributed by atoms with Crippen molar-refractivity contribution in [2.75, 3.05) is 40.4 Å². The summed E-state index contributed by atoms with van der Waals surface area (Å²) in [6.07, 6.45) is 0. The molecule has 0 radical (unpaired) electrons. The molecular weight excluding hydrogens is 528 g/mol. The van der Waals surface area contributed by atoms with E-state index in [-0.39, 0.29) is 46.1 Å². The number of hydrogen-bond acceptors (Lipinski definition) is 9. The molecule has 0 saturated carbocycles. The third kappa shape index (κ3) is 5.86. The van der Waals surface area contributed by atoms with E-state index >= 15 is 0 Å². The molecule has 2 aromatic rings. The Morgan fingerprint density at radius 2 is 1.19 bits per heavy atom. The van der Waals surface area contributed by atoms with E-state index in [2.05, 4.69) is 0 Å². The molecule has 2 amide bonds. The number of aromatic hydroxyl groups is 1. The van der Waals surface area contributed by atoms with Crippen molar-refractivity contribution < 1.29 is 41.2 Å². The Morgan fingerprint density at radius 1 is 0.730 bits per heavy atom. The molecule has 0 aliphatic heterocycles. The molecule has 0 atom stereocenters. The van der Waals surface area contributed by atoms with Gasteiger partial charge in [0.05, 0.1) is 19.8 Å². The first-order valence-electron chi connectivity index (χ1n) is 11.4. The number of nitrogens with zero attached hydrogens (tertiary/aromatic N) is 4. The first-order chi connectivity index (χ1) is 17.3. The van der Waals surface area contributed by atoms with Crippen LogP contribution in [0.5, 0.6) is 5.75 Å². The second-order valence-electron chi connectivity index (χ2n) is 7.55. The van der Waals surface area contributed by atoms with E-state index < -0.39 is 43.5 Å². The van der Waals surface area contributed by atoms with Gasteiger partial charge in [0, 0.05) is 31.7 Å². The number of rotatable bonds is 12. The van der Waals surface area contributed by atoms with Crippen LogP contribution in [0, 0.1) is 0 Å². The van der Waals surface area contributed by atoms with Gasteiger partial charge in [-0.3, -0.25) is 19.3 Å². The third-order valence-electron chi connectivity index (χ3n) is 5.58. The number of carbonyl (C=O) groups is 2. The average Bonchev–Trinajstić information content (AvgIpc) is 2.84. The third-order valence-corrected chi connectivity index (χ3v) is 9.38. The molecule has 206 valence electrons. The predicted molar refractivity (Wildman–Crippen MR) is 136 cm³/mol. The van der Waals surface area contributed by atoms with Gasteiger partial charge in [-0.25, -0.2) is 0 Å². The van der Waals surface area contributed by atoms with Gasteiger partial charge in [0.15, 0.2) is 0 Å². The highest BCUT2D eigenvalue weighted by Gasteiger charge is 2.36. The van der Waals surface area contributed by atoms with Gasteiger partial charge in [-0.2, -0.15) is 25.4 Å². The largest absolute Gasteiger partial charge is 0.507 e. The van der Waals surface area contributed by atoms with Gasteiger partial charge in [0.25, 0.3) is 11.8 Å². The fourth-order valence-electron chi connectivity index (χ4n) is 3.67. The van der Waals surface area contributed by atoms with Gasteiger partial charge in [-0.1, -0.05) is 42.7 Å². The van der Waals surface area contributed by atoms with Crippen LogP contribution in [0.2, 0.25) is 0 Å². The van der Waals surface area contributed by atoms with Crippen molar-refractivity contribution in [3.05, 3.63) is 41.5 Å². The highest BCUT2D eigenvalue weighted by Crippen LogP contribution is 2.29. The van der Waals surface area contributed by atoms with Crippen molar-refractivity contribution >= 4 is 43.0 Å². The van der Waals surface area contributed by atoms with Crippen molar-refractivity contribution in [1.82, 2.24) is 17.5 Å². The number of benzene rings is 2. The van der Waals surface area contributed by atoms with Crippen LogP contribution in [0.1, 0.15) is 48.4 Å². The summed E-state index contributed by atoms with van der Waals surface area (Å²) in [6.45, 7) is 6.79. The van der Waals surface area contributed by atoms with Crippen molar-refractivity contribution in [2.24, 2.45) is 0 Å². The maximum absolute atomic E-state index is 13.1. The van der Waals surface area contributed by atoms with Crippen LogP contribution in [0.4, 0.5) is 0 Å². The minimum atomic E-state index is -4.36. The van der Waals surface area contributed by atoms with Crippen LogP contribution in [-0.4, -0.2) is 91.7 Å². The average molecular weight is 561 g/mol. The Labute approximate surface area is 217 Å². The first kappa shape index (κ1) is 30.4. The van der Waals surface area contributed by atoms with Crippen LogP contribution < -0.4 is 0 Å². The highest BCUT2D eigenvalue weighted by molar-refractivity contribution is 7.87. The van der Waals surface area contributed by atoms with E-state index in [1.165, 1.54) is 30.3 Å². The van der Waals surface area contributed by atoms with Crippen LogP contribution in [0.3, 0.4) is 0 Å². The number of amides is 2. The summed E-state index contributed by atoms with van der Waals surface area (Å²) in [7, 11) is -6.59. The molecule has 0 spiro atoms. The minimum Gasteiger partial charge on any atom is -0.507 e. The summed E-state index contributed by atoms with van der Waals surface area (Å²) in [6, 6.07) is 6.48. The van der Waals surface area contributed by atoms with Crippen LogP contribution in [-0.2, 0) is 30.1 Å². The number of fused-ring (bicyclic) bond motifs is 1. The standard InChI is InChI=1S/C22H32N4O9S2/c1-7-23(8-2)36(30,31)25(34-5)21(28)17-12-11-16-15-20(27)19(14-18(16)13-17)22(29)26(35-6)37(32,33)24(9-3)10-4/h11-15,27H,7-10H2,1-6H3. The molecular formula is C22H32N4O9S2. The lowest BCUT2D eigenvalue weighted by molar-refractivity contribution is -0.0328. The summed E-state index contributed by atoms with van der Waals surface area (Å²) in [4.78, 5) is 36.0. The summed E-state index contributed by atoms with van der Waals surface area (Å²) in [5.74, 6) is -2.66. The summed E-state index contributed by atoms with van der Waals surface area (Å²) < 4.78 is 53.9. The molecule has 0 heterocycles. The molecule has 0 saturated heterocycles. The fraction of sp³-hybridized carbons (Fsp3) is 0.455. The Balaban J connectivity index is 2.58. The van der Waals surface area contributed by atoms with E-state index in [0.29, 0.717) is 5.39 Å². The zero-order valence-electron chi connectivity index (χ0n) is 21.5. The zero-order valence-corrected chi connectivity index (χ0v) is 23.2. The highest BCUT2D eigenvalue weighted by atomic mass is 32.2. The summed E-state index contributed by atoms with van der Waals surface area (Å²) >= 11 is 0. The van der Waals surface area contributed by atoms with Crippen molar-refractivity contribution in [1.29, 1.82) is 0 Å². The van der Waals surface area contributed by atoms with Crippen LogP contribution >= 0.6 is 0 Å². The number of hydrogen-bond donors (Lipinski definition) is 1. The number of phenolic OH excluding ortho intramolecular Hbond substituents is 1. The minimum absolute atomic E-state index is 0.0769. The van der Waals surface area contributed by atoms with E-state index in [0.717, 1.165) is 22.8 Å². The van der Waals surface area contributed by atoms with E-state index in [1.54, 1.807) is 27.7 Å². The smallest absolute Gasteiger partial charge is 0.329 e. The molecule has 0 aromatic heterocycles. The number of carbonyl (C=O) groups excluding carboxylic acids is 2. The van der Waals surface area contributed by atoms with Gasteiger partial charge in [-0.15, -0.1) is 0 Å². The molecule has 0 aliphatic rings.